The average Bonchev–Trinajstić information content (AvgIpc) is 2.15. The molecule has 0 bridgehead atoms. The minimum atomic E-state index is -0.465. The fourth-order valence-electron chi connectivity index (χ4n) is 0.930. The second-order valence-electron chi connectivity index (χ2n) is 2.84. The van der Waals surface area contributed by atoms with Gasteiger partial charge in [-0.1, -0.05) is 6.07 Å². The van der Waals surface area contributed by atoms with E-state index < -0.39 is 5.97 Å². The van der Waals surface area contributed by atoms with Crippen LogP contribution in [0, 0.1) is 3.57 Å². The molecule has 5 heteroatoms. The van der Waals surface area contributed by atoms with Gasteiger partial charge in [-0.25, -0.2) is 0 Å². The number of hydrogen-bond acceptors (Lipinski definition) is 3. The van der Waals surface area contributed by atoms with E-state index in [2.05, 4.69) is 32.6 Å². The first-order chi connectivity index (χ1) is 7.08. The highest BCUT2D eigenvalue weighted by Crippen LogP contribution is 2.11. The molecule has 0 aliphatic heterocycles. The minimum absolute atomic E-state index is 0.249. The van der Waals surface area contributed by atoms with Crippen LogP contribution in [-0.4, -0.2) is 18.5 Å². The summed E-state index contributed by atoms with van der Waals surface area (Å²) in [5, 5.41) is 2.62. The molecular formula is C10H10INO3. The molecular weight excluding hydrogens is 309 g/mol. The number of benzene rings is 1. The third kappa shape index (κ3) is 4.78. The van der Waals surface area contributed by atoms with Gasteiger partial charge in [0.15, 0.2) is 6.61 Å². The number of nitrogens with one attached hydrogen (secondary N) is 1. The van der Waals surface area contributed by atoms with Gasteiger partial charge in [0.05, 0.1) is 0 Å². The van der Waals surface area contributed by atoms with Gasteiger partial charge in [-0.05, 0) is 40.8 Å². The third-order valence-corrected chi connectivity index (χ3v) is 2.19. The van der Waals surface area contributed by atoms with Crippen molar-refractivity contribution in [3.8, 4) is 0 Å². The molecule has 80 valence electrons. The number of hydrogen-bond donors (Lipinski definition) is 1. The molecule has 0 saturated heterocycles. The Hall–Kier alpha value is -1.11. The Morgan fingerprint density at radius 3 is 2.80 bits per heavy atom. The van der Waals surface area contributed by atoms with Crippen molar-refractivity contribution in [2.75, 3.05) is 11.9 Å². The van der Waals surface area contributed by atoms with Crippen LogP contribution >= 0.6 is 22.6 Å². The number of amides is 1. The Labute approximate surface area is 101 Å². The molecule has 4 nitrogen and oxygen atoms in total. The molecule has 1 rings (SSSR count). The van der Waals surface area contributed by atoms with Crippen LogP contribution in [0.1, 0.15) is 6.92 Å². The van der Waals surface area contributed by atoms with E-state index in [0.717, 1.165) is 3.57 Å². The summed E-state index contributed by atoms with van der Waals surface area (Å²) < 4.78 is 5.58. The molecule has 0 unspecified atom stereocenters. The predicted octanol–water partition coefficient (Wildman–Crippen LogP) is 1.79. The van der Waals surface area contributed by atoms with Gasteiger partial charge in [-0.2, -0.15) is 0 Å². The van der Waals surface area contributed by atoms with Gasteiger partial charge in [-0.3, -0.25) is 9.59 Å². The highest BCUT2D eigenvalue weighted by Gasteiger charge is 2.04. The molecule has 0 atom stereocenters. The van der Waals surface area contributed by atoms with E-state index in [1.807, 2.05) is 18.2 Å². The molecule has 1 amide bonds. The van der Waals surface area contributed by atoms with Crippen molar-refractivity contribution in [1.29, 1.82) is 0 Å². The molecule has 1 N–H and O–H groups in total. The Morgan fingerprint density at radius 1 is 1.47 bits per heavy atom. The van der Waals surface area contributed by atoms with Gasteiger partial charge in [0.1, 0.15) is 0 Å². The van der Waals surface area contributed by atoms with E-state index in [1.54, 1.807) is 6.07 Å². The van der Waals surface area contributed by atoms with E-state index in [4.69, 9.17) is 0 Å². The lowest BCUT2D eigenvalue weighted by Crippen LogP contribution is -2.19. The topological polar surface area (TPSA) is 55.4 Å². The number of anilines is 1. The van der Waals surface area contributed by atoms with Crippen LogP contribution in [0.3, 0.4) is 0 Å². The largest absolute Gasteiger partial charge is 0.456 e. The maximum absolute atomic E-state index is 11.2. The second kappa shape index (κ2) is 5.69. The molecule has 0 heterocycles. The van der Waals surface area contributed by atoms with Crippen molar-refractivity contribution in [2.45, 2.75) is 6.92 Å². The first-order valence-corrected chi connectivity index (χ1v) is 5.34. The number of ether oxygens (including phenoxy) is 1. The first kappa shape index (κ1) is 12.0. The fourth-order valence-corrected chi connectivity index (χ4v) is 1.47. The van der Waals surface area contributed by atoms with E-state index in [0.29, 0.717) is 5.69 Å². The van der Waals surface area contributed by atoms with Crippen LogP contribution in [0.25, 0.3) is 0 Å². The summed E-state index contributed by atoms with van der Waals surface area (Å²) in [4.78, 5) is 21.7. The van der Waals surface area contributed by atoms with Gasteiger partial charge in [-0.15, -0.1) is 0 Å². The highest BCUT2D eigenvalue weighted by molar-refractivity contribution is 14.1. The zero-order valence-corrected chi connectivity index (χ0v) is 10.3. The van der Waals surface area contributed by atoms with Gasteiger partial charge in [0.2, 0.25) is 0 Å². The summed E-state index contributed by atoms with van der Waals surface area (Å²) in [6, 6.07) is 7.35. The fraction of sp³-hybridized carbons (Fsp3) is 0.200. The predicted molar refractivity (Wildman–Crippen MR) is 64.4 cm³/mol. The van der Waals surface area contributed by atoms with Crippen molar-refractivity contribution >= 4 is 40.2 Å². The number of carbonyl (C=O) groups excluding carboxylic acids is 2. The molecule has 0 aliphatic rings. The minimum Gasteiger partial charge on any atom is -0.456 e. The van der Waals surface area contributed by atoms with Crippen molar-refractivity contribution in [2.24, 2.45) is 0 Å². The summed E-state index contributed by atoms with van der Waals surface area (Å²) in [7, 11) is 0. The van der Waals surface area contributed by atoms with Crippen molar-refractivity contribution in [3.63, 3.8) is 0 Å². The smallest absolute Gasteiger partial charge is 0.303 e. The van der Waals surface area contributed by atoms with E-state index in [9.17, 15) is 9.59 Å². The zero-order chi connectivity index (χ0) is 11.3. The van der Waals surface area contributed by atoms with Crippen LogP contribution < -0.4 is 5.32 Å². The van der Waals surface area contributed by atoms with E-state index >= 15 is 0 Å². The lowest BCUT2D eigenvalue weighted by molar-refractivity contribution is -0.144. The number of rotatable bonds is 3. The van der Waals surface area contributed by atoms with Crippen LogP contribution in [0.4, 0.5) is 5.69 Å². The molecule has 0 aromatic heterocycles. The summed E-state index contributed by atoms with van der Waals surface area (Å²) in [5.41, 5.74) is 0.694. The maximum atomic E-state index is 11.2. The second-order valence-corrected chi connectivity index (χ2v) is 4.08. The number of esters is 1. The molecule has 1 aromatic carbocycles. The Balaban J connectivity index is 2.48. The first-order valence-electron chi connectivity index (χ1n) is 4.26. The lowest BCUT2D eigenvalue weighted by atomic mass is 10.3. The standard InChI is InChI=1S/C10H10INO3/c1-7(13)15-6-10(14)12-9-4-2-3-8(11)5-9/h2-5H,6H2,1H3,(H,12,14). The monoisotopic (exact) mass is 319 g/mol. The van der Waals surface area contributed by atoms with Gasteiger partial charge < -0.3 is 10.1 Å². The molecule has 0 fully saturated rings. The third-order valence-electron chi connectivity index (χ3n) is 1.51. The quantitative estimate of drug-likeness (QED) is 0.683. The number of carbonyl (C=O) groups is 2. The molecule has 0 aliphatic carbocycles. The Morgan fingerprint density at radius 2 is 2.20 bits per heavy atom. The Kier molecular flexibility index (Phi) is 4.54. The van der Waals surface area contributed by atoms with Gasteiger partial charge >= 0.3 is 5.97 Å². The van der Waals surface area contributed by atoms with Crippen molar-refractivity contribution in [3.05, 3.63) is 27.8 Å². The molecule has 1 aromatic rings. The van der Waals surface area contributed by atoms with Crippen molar-refractivity contribution < 1.29 is 14.3 Å². The summed E-state index contributed by atoms with van der Waals surface area (Å²) in [5.74, 6) is -0.806. The Bertz CT molecular complexity index is 379. The molecule has 0 spiro atoms. The van der Waals surface area contributed by atoms with Crippen LogP contribution in [0.15, 0.2) is 24.3 Å². The van der Waals surface area contributed by atoms with Gasteiger partial charge in [0.25, 0.3) is 5.91 Å². The normalized spacial score (nSPS) is 9.47. The summed E-state index contributed by atoms with van der Waals surface area (Å²) in [6.07, 6.45) is 0. The summed E-state index contributed by atoms with van der Waals surface area (Å²) in [6.45, 7) is 1.01. The van der Waals surface area contributed by atoms with Crippen LogP contribution in [0.2, 0.25) is 0 Å². The van der Waals surface area contributed by atoms with Crippen LogP contribution in [0.5, 0.6) is 0 Å². The lowest BCUT2D eigenvalue weighted by Gasteiger charge is -2.05. The maximum Gasteiger partial charge on any atom is 0.303 e. The van der Waals surface area contributed by atoms with Gasteiger partial charge in [0, 0.05) is 16.2 Å². The van der Waals surface area contributed by atoms with Crippen molar-refractivity contribution in [1.82, 2.24) is 0 Å². The summed E-state index contributed by atoms with van der Waals surface area (Å²) >= 11 is 2.15. The number of halogens is 1. The molecule has 0 radical (unpaired) electrons. The highest BCUT2D eigenvalue weighted by atomic mass is 127. The van der Waals surface area contributed by atoms with E-state index in [1.165, 1.54) is 6.92 Å². The molecule has 0 saturated carbocycles. The SMILES string of the molecule is CC(=O)OCC(=O)Nc1cccc(I)c1. The van der Waals surface area contributed by atoms with E-state index in [-0.39, 0.29) is 12.5 Å². The zero-order valence-electron chi connectivity index (χ0n) is 8.12. The van der Waals surface area contributed by atoms with Crippen LogP contribution in [-0.2, 0) is 14.3 Å². The average molecular weight is 319 g/mol. The molecule has 15 heavy (non-hydrogen) atoms.